The molecule has 108 valence electrons. The number of anilines is 1. The van der Waals surface area contributed by atoms with E-state index in [9.17, 15) is 4.39 Å². The van der Waals surface area contributed by atoms with Crippen molar-refractivity contribution in [1.82, 2.24) is 0 Å². The fraction of sp³-hybridized carbons (Fsp3) is 0.500. The van der Waals surface area contributed by atoms with Crippen LogP contribution in [0.3, 0.4) is 0 Å². The molecule has 0 aromatic heterocycles. The van der Waals surface area contributed by atoms with Crippen molar-refractivity contribution in [3.05, 3.63) is 29.6 Å². The summed E-state index contributed by atoms with van der Waals surface area (Å²) in [7, 11) is 1.82. The van der Waals surface area contributed by atoms with Crippen molar-refractivity contribution in [3.63, 3.8) is 0 Å². The Kier molecular flexibility index (Phi) is 3.60. The predicted molar refractivity (Wildman–Crippen MR) is 80.6 cm³/mol. The van der Waals surface area contributed by atoms with Gasteiger partial charge in [0.05, 0.1) is 6.61 Å². The average Bonchev–Trinajstić information content (AvgIpc) is 2.47. The summed E-state index contributed by atoms with van der Waals surface area (Å²) in [6.45, 7) is 1.10. The van der Waals surface area contributed by atoms with Crippen molar-refractivity contribution in [2.24, 2.45) is 16.6 Å². The summed E-state index contributed by atoms with van der Waals surface area (Å²) >= 11 is 1.55. The van der Waals surface area contributed by atoms with Gasteiger partial charge in [0, 0.05) is 36.6 Å². The highest BCUT2D eigenvalue weighted by Crippen LogP contribution is 2.45. The van der Waals surface area contributed by atoms with E-state index in [1.54, 1.807) is 17.8 Å². The summed E-state index contributed by atoms with van der Waals surface area (Å²) in [6.07, 6.45) is 0.882. The quantitative estimate of drug-likeness (QED) is 0.878. The molecule has 1 aromatic rings. The average molecular weight is 295 g/mol. The number of amidine groups is 1. The first-order chi connectivity index (χ1) is 9.65. The molecule has 2 atom stereocenters. The van der Waals surface area contributed by atoms with Crippen LogP contribution in [0.25, 0.3) is 0 Å². The van der Waals surface area contributed by atoms with Crippen LogP contribution in [-0.4, -0.2) is 31.2 Å². The molecular weight excluding hydrogens is 277 g/mol. The fourth-order valence-corrected chi connectivity index (χ4v) is 3.98. The number of aliphatic imine (C=N–C) groups is 1. The molecule has 20 heavy (non-hydrogen) atoms. The molecule has 1 saturated heterocycles. The van der Waals surface area contributed by atoms with Gasteiger partial charge in [-0.2, -0.15) is 0 Å². The third-order valence-corrected chi connectivity index (χ3v) is 5.03. The summed E-state index contributed by atoms with van der Waals surface area (Å²) in [5, 5.41) is 3.56. The van der Waals surface area contributed by atoms with Crippen LogP contribution in [0.1, 0.15) is 12.0 Å². The number of hydrogen-bond acceptors (Lipinski definition) is 5. The third kappa shape index (κ3) is 2.16. The summed E-state index contributed by atoms with van der Waals surface area (Å²) in [4.78, 5) is 4.61. The Bertz CT molecular complexity index is 551. The molecule has 1 aromatic carbocycles. The molecule has 0 bridgehead atoms. The number of benzene rings is 1. The second-order valence-corrected chi connectivity index (χ2v) is 6.21. The van der Waals surface area contributed by atoms with Gasteiger partial charge in [-0.1, -0.05) is 11.8 Å². The first kappa shape index (κ1) is 13.7. The minimum atomic E-state index is -0.676. The van der Waals surface area contributed by atoms with Gasteiger partial charge in [-0.25, -0.2) is 9.38 Å². The van der Waals surface area contributed by atoms with Gasteiger partial charge in [0.15, 0.2) is 5.17 Å². The normalized spacial score (nSPS) is 29.5. The highest BCUT2D eigenvalue weighted by molar-refractivity contribution is 8.13. The second kappa shape index (κ2) is 5.26. The minimum absolute atomic E-state index is 0.247. The molecule has 3 rings (SSSR count). The van der Waals surface area contributed by atoms with Crippen LogP contribution in [0.2, 0.25) is 0 Å². The summed E-state index contributed by atoms with van der Waals surface area (Å²) in [5.74, 6) is 0.875. The van der Waals surface area contributed by atoms with Crippen LogP contribution in [0.5, 0.6) is 0 Å². The van der Waals surface area contributed by atoms with E-state index >= 15 is 0 Å². The van der Waals surface area contributed by atoms with E-state index in [2.05, 4.69) is 10.3 Å². The molecule has 0 spiro atoms. The number of ether oxygens (including phenoxy) is 1. The van der Waals surface area contributed by atoms with E-state index in [-0.39, 0.29) is 11.7 Å². The molecule has 3 N–H and O–H groups in total. The Morgan fingerprint density at radius 3 is 3.20 bits per heavy atom. The van der Waals surface area contributed by atoms with Crippen molar-refractivity contribution in [1.29, 1.82) is 0 Å². The number of rotatable bonds is 2. The lowest BCUT2D eigenvalue weighted by Crippen LogP contribution is -2.48. The van der Waals surface area contributed by atoms with E-state index < -0.39 is 5.54 Å². The first-order valence-electron chi connectivity index (χ1n) is 6.69. The number of thioether (sulfide) groups is 1. The van der Waals surface area contributed by atoms with Crippen LogP contribution in [0, 0.1) is 11.7 Å². The van der Waals surface area contributed by atoms with E-state index in [4.69, 9.17) is 10.5 Å². The van der Waals surface area contributed by atoms with Crippen molar-refractivity contribution >= 4 is 22.6 Å². The maximum Gasteiger partial charge on any atom is 0.154 e. The van der Waals surface area contributed by atoms with Crippen LogP contribution in [-0.2, 0) is 10.3 Å². The van der Waals surface area contributed by atoms with E-state index in [0.717, 1.165) is 17.9 Å². The van der Waals surface area contributed by atoms with E-state index in [0.29, 0.717) is 23.9 Å². The van der Waals surface area contributed by atoms with Gasteiger partial charge < -0.3 is 15.8 Å². The SMILES string of the molecule is CNc1ccc(F)c([C@]23COCCC2CSC(N)=N3)c1. The lowest BCUT2D eigenvalue weighted by atomic mass is 9.76. The van der Waals surface area contributed by atoms with Crippen molar-refractivity contribution in [2.45, 2.75) is 12.0 Å². The van der Waals surface area contributed by atoms with E-state index in [1.807, 2.05) is 13.1 Å². The van der Waals surface area contributed by atoms with Gasteiger partial charge in [0.2, 0.25) is 0 Å². The molecule has 6 heteroatoms. The van der Waals surface area contributed by atoms with Crippen molar-refractivity contribution in [3.8, 4) is 0 Å². The number of nitrogens with two attached hydrogens (primary N) is 1. The van der Waals surface area contributed by atoms with Crippen molar-refractivity contribution in [2.75, 3.05) is 31.3 Å². The molecule has 0 aliphatic carbocycles. The molecule has 0 radical (unpaired) electrons. The molecular formula is C14H18FN3OS. The molecule has 2 aliphatic heterocycles. The topological polar surface area (TPSA) is 59.6 Å². The Labute approximate surface area is 122 Å². The lowest BCUT2D eigenvalue weighted by molar-refractivity contribution is 0.00304. The van der Waals surface area contributed by atoms with Gasteiger partial charge in [0.25, 0.3) is 0 Å². The second-order valence-electron chi connectivity index (χ2n) is 5.17. The zero-order valence-corrected chi connectivity index (χ0v) is 12.2. The number of halogens is 1. The molecule has 4 nitrogen and oxygen atoms in total. The van der Waals surface area contributed by atoms with Gasteiger partial charge in [0.1, 0.15) is 11.4 Å². The number of hydrogen-bond donors (Lipinski definition) is 2. The maximum atomic E-state index is 14.4. The van der Waals surface area contributed by atoms with Gasteiger partial charge in [-0.3, -0.25) is 0 Å². The highest BCUT2D eigenvalue weighted by atomic mass is 32.2. The maximum absolute atomic E-state index is 14.4. The standard InChI is InChI=1S/C14H18FN3OS/c1-17-10-2-3-12(15)11(6-10)14-8-19-5-4-9(14)7-20-13(16)18-14/h2-3,6,9,17H,4-5,7-8H2,1H3,(H2,16,18)/t9?,14-/m0/s1. The number of nitrogens with one attached hydrogen (secondary N) is 1. The molecule has 1 fully saturated rings. The van der Waals surface area contributed by atoms with Gasteiger partial charge >= 0.3 is 0 Å². The Balaban J connectivity index is 2.14. The molecule has 2 heterocycles. The minimum Gasteiger partial charge on any atom is -0.388 e. The zero-order chi connectivity index (χ0) is 14.2. The van der Waals surface area contributed by atoms with Crippen molar-refractivity contribution < 1.29 is 9.13 Å². The van der Waals surface area contributed by atoms with E-state index in [1.165, 1.54) is 6.07 Å². The largest absolute Gasteiger partial charge is 0.388 e. The molecule has 0 saturated carbocycles. The Hall–Kier alpha value is -1.27. The van der Waals surface area contributed by atoms with Gasteiger partial charge in [-0.15, -0.1) is 0 Å². The highest BCUT2D eigenvalue weighted by Gasteiger charge is 2.47. The number of fused-ring (bicyclic) bond motifs is 1. The summed E-state index contributed by atoms with van der Waals surface area (Å²) in [5.41, 5.74) is 6.68. The predicted octanol–water partition coefficient (Wildman–Crippen LogP) is 2.16. The van der Waals surface area contributed by atoms with Crippen LogP contribution < -0.4 is 11.1 Å². The third-order valence-electron chi connectivity index (χ3n) is 4.07. The first-order valence-corrected chi connectivity index (χ1v) is 7.68. The molecule has 1 unspecified atom stereocenters. The number of nitrogens with zero attached hydrogens (tertiary/aromatic N) is 1. The fourth-order valence-electron chi connectivity index (χ4n) is 2.94. The zero-order valence-electron chi connectivity index (χ0n) is 11.4. The van der Waals surface area contributed by atoms with Crippen LogP contribution >= 0.6 is 11.8 Å². The Morgan fingerprint density at radius 2 is 2.40 bits per heavy atom. The molecule has 2 aliphatic rings. The smallest absolute Gasteiger partial charge is 0.154 e. The Morgan fingerprint density at radius 1 is 1.55 bits per heavy atom. The summed E-state index contributed by atoms with van der Waals surface area (Å²) < 4.78 is 20.0. The summed E-state index contributed by atoms with van der Waals surface area (Å²) in [6, 6.07) is 5.03. The van der Waals surface area contributed by atoms with Gasteiger partial charge in [-0.05, 0) is 24.6 Å². The molecule has 0 amide bonds. The van der Waals surface area contributed by atoms with Crippen LogP contribution in [0.15, 0.2) is 23.2 Å². The monoisotopic (exact) mass is 295 g/mol. The van der Waals surface area contributed by atoms with Crippen LogP contribution in [0.4, 0.5) is 10.1 Å². The lowest BCUT2D eigenvalue weighted by Gasteiger charge is -2.43.